The summed E-state index contributed by atoms with van der Waals surface area (Å²) in [5.74, 6) is -0.0555. The molecule has 2 aromatic rings. The monoisotopic (exact) mass is 284 g/mol. The van der Waals surface area contributed by atoms with Crippen LogP contribution in [-0.2, 0) is 4.79 Å². The van der Waals surface area contributed by atoms with Crippen molar-refractivity contribution in [2.24, 2.45) is 5.10 Å². The van der Waals surface area contributed by atoms with E-state index < -0.39 is 0 Å². The maximum Gasteiger partial charge on any atom is 0.253 e. The van der Waals surface area contributed by atoms with Crippen LogP contribution >= 0.6 is 11.6 Å². The van der Waals surface area contributed by atoms with Gasteiger partial charge in [-0.3, -0.25) is 4.79 Å². The standard InChI is InChI=1S/C16H13ClN2O/c1-11-6-5-9-13(17)16(11)19-15(20)10-14(18-19)12-7-3-2-4-8-12/h2-9H,10H2,1H3. The highest BCUT2D eigenvalue weighted by molar-refractivity contribution is 6.34. The zero-order valence-corrected chi connectivity index (χ0v) is 11.8. The quantitative estimate of drug-likeness (QED) is 0.826. The number of nitrogens with zero attached hydrogens (tertiary/aromatic N) is 2. The summed E-state index contributed by atoms with van der Waals surface area (Å²) >= 11 is 6.21. The van der Waals surface area contributed by atoms with Crippen molar-refractivity contribution in [2.75, 3.05) is 5.01 Å². The Hall–Kier alpha value is -2.13. The first-order chi connectivity index (χ1) is 9.66. The molecule has 0 atom stereocenters. The lowest BCUT2D eigenvalue weighted by atomic mass is 10.1. The normalized spacial score (nSPS) is 14.6. The van der Waals surface area contributed by atoms with Crippen LogP contribution < -0.4 is 5.01 Å². The zero-order valence-electron chi connectivity index (χ0n) is 11.0. The lowest BCUT2D eigenvalue weighted by Crippen LogP contribution is -2.20. The first kappa shape index (κ1) is 12.9. The number of benzene rings is 2. The molecule has 4 heteroatoms. The van der Waals surface area contributed by atoms with E-state index in [9.17, 15) is 4.79 Å². The van der Waals surface area contributed by atoms with E-state index in [1.54, 1.807) is 6.07 Å². The Labute approximate surface area is 122 Å². The van der Waals surface area contributed by atoms with Crippen LogP contribution in [0.15, 0.2) is 53.6 Å². The average molecular weight is 285 g/mol. The van der Waals surface area contributed by atoms with Crippen LogP contribution in [0.25, 0.3) is 0 Å². The molecule has 1 aliphatic heterocycles. The maximum absolute atomic E-state index is 12.2. The molecule has 1 amide bonds. The number of carbonyl (C=O) groups excluding carboxylic acids is 1. The zero-order chi connectivity index (χ0) is 14.1. The minimum Gasteiger partial charge on any atom is -0.272 e. The molecule has 0 N–H and O–H groups in total. The smallest absolute Gasteiger partial charge is 0.253 e. The lowest BCUT2D eigenvalue weighted by molar-refractivity contribution is -0.116. The van der Waals surface area contributed by atoms with E-state index in [4.69, 9.17) is 11.6 Å². The van der Waals surface area contributed by atoms with Gasteiger partial charge in [0.1, 0.15) is 0 Å². The van der Waals surface area contributed by atoms with E-state index in [1.807, 2.05) is 49.4 Å². The first-order valence-electron chi connectivity index (χ1n) is 6.38. The fourth-order valence-corrected chi connectivity index (χ4v) is 2.59. The predicted octanol–water partition coefficient (Wildman–Crippen LogP) is 3.79. The molecular weight excluding hydrogens is 272 g/mol. The van der Waals surface area contributed by atoms with Gasteiger partial charge in [0.25, 0.3) is 5.91 Å². The molecule has 2 aromatic carbocycles. The maximum atomic E-state index is 12.2. The SMILES string of the molecule is Cc1cccc(Cl)c1N1N=C(c2ccccc2)CC1=O. The molecule has 0 saturated carbocycles. The van der Waals surface area contributed by atoms with Crippen molar-refractivity contribution in [1.82, 2.24) is 0 Å². The van der Waals surface area contributed by atoms with Gasteiger partial charge in [-0.25, -0.2) is 0 Å². The highest BCUT2D eigenvalue weighted by Gasteiger charge is 2.28. The number of carbonyl (C=O) groups is 1. The van der Waals surface area contributed by atoms with E-state index in [0.29, 0.717) is 17.1 Å². The molecular formula is C16H13ClN2O. The molecule has 3 nitrogen and oxygen atoms in total. The van der Waals surface area contributed by atoms with Gasteiger partial charge < -0.3 is 0 Å². The first-order valence-corrected chi connectivity index (χ1v) is 6.75. The summed E-state index contributed by atoms with van der Waals surface area (Å²) in [5, 5.41) is 6.40. The number of aryl methyl sites for hydroxylation is 1. The minimum absolute atomic E-state index is 0.0555. The summed E-state index contributed by atoms with van der Waals surface area (Å²) in [5.41, 5.74) is 3.34. The van der Waals surface area contributed by atoms with Crippen LogP contribution in [0.2, 0.25) is 5.02 Å². The highest BCUT2D eigenvalue weighted by Crippen LogP contribution is 2.32. The topological polar surface area (TPSA) is 32.7 Å². The van der Waals surface area contributed by atoms with Crippen molar-refractivity contribution in [3.05, 3.63) is 64.7 Å². The third-order valence-electron chi connectivity index (χ3n) is 3.28. The summed E-state index contributed by atoms with van der Waals surface area (Å²) in [6.07, 6.45) is 0.300. The number of halogens is 1. The van der Waals surface area contributed by atoms with E-state index in [1.165, 1.54) is 5.01 Å². The van der Waals surface area contributed by atoms with Crippen molar-refractivity contribution in [3.8, 4) is 0 Å². The van der Waals surface area contributed by atoms with Crippen LogP contribution in [0.5, 0.6) is 0 Å². The van der Waals surface area contributed by atoms with Gasteiger partial charge in [0.15, 0.2) is 0 Å². The Balaban J connectivity index is 2.03. The van der Waals surface area contributed by atoms with Gasteiger partial charge in [0.2, 0.25) is 0 Å². The van der Waals surface area contributed by atoms with Crippen molar-refractivity contribution >= 4 is 28.9 Å². The van der Waals surface area contributed by atoms with Crippen molar-refractivity contribution in [3.63, 3.8) is 0 Å². The largest absolute Gasteiger partial charge is 0.272 e. The Kier molecular flexibility index (Phi) is 3.28. The summed E-state index contributed by atoms with van der Waals surface area (Å²) in [6.45, 7) is 1.92. The molecule has 0 bridgehead atoms. The van der Waals surface area contributed by atoms with E-state index in [0.717, 1.165) is 16.8 Å². The van der Waals surface area contributed by atoms with Gasteiger partial charge in [-0.15, -0.1) is 0 Å². The van der Waals surface area contributed by atoms with E-state index in [-0.39, 0.29) is 5.91 Å². The molecule has 1 heterocycles. The molecule has 0 radical (unpaired) electrons. The van der Waals surface area contributed by atoms with E-state index >= 15 is 0 Å². The fraction of sp³-hybridized carbons (Fsp3) is 0.125. The van der Waals surface area contributed by atoms with Crippen molar-refractivity contribution in [2.45, 2.75) is 13.3 Å². The highest BCUT2D eigenvalue weighted by atomic mass is 35.5. The molecule has 0 fully saturated rings. The van der Waals surface area contributed by atoms with Gasteiger partial charge in [0, 0.05) is 0 Å². The molecule has 0 spiro atoms. The molecule has 1 aliphatic rings. The molecule has 20 heavy (non-hydrogen) atoms. The van der Waals surface area contributed by atoms with Gasteiger partial charge in [-0.1, -0.05) is 54.1 Å². The van der Waals surface area contributed by atoms with Crippen LogP contribution in [-0.4, -0.2) is 11.6 Å². The molecule has 0 unspecified atom stereocenters. The second kappa shape index (κ2) is 5.10. The predicted molar refractivity (Wildman–Crippen MR) is 81.3 cm³/mol. The number of rotatable bonds is 2. The van der Waals surface area contributed by atoms with Gasteiger partial charge in [-0.05, 0) is 24.1 Å². The lowest BCUT2D eigenvalue weighted by Gasteiger charge is -2.15. The van der Waals surface area contributed by atoms with Crippen LogP contribution in [0, 0.1) is 6.92 Å². The fourth-order valence-electron chi connectivity index (χ4n) is 2.29. The summed E-state index contributed by atoms with van der Waals surface area (Å²) in [7, 11) is 0. The average Bonchev–Trinajstić information content (AvgIpc) is 2.82. The minimum atomic E-state index is -0.0555. The van der Waals surface area contributed by atoms with E-state index in [2.05, 4.69) is 5.10 Å². The Morgan fingerprint density at radius 3 is 2.55 bits per heavy atom. The molecule has 3 rings (SSSR count). The van der Waals surface area contributed by atoms with Crippen LogP contribution in [0.3, 0.4) is 0 Å². The van der Waals surface area contributed by atoms with Crippen molar-refractivity contribution < 1.29 is 4.79 Å². The number of hydrogen-bond donors (Lipinski definition) is 0. The Morgan fingerprint density at radius 1 is 1.10 bits per heavy atom. The van der Waals surface area contributed by atoms with Crippen LogP contribution in [0.1, 0.15) is 17.5 Å². The molecule has 0 aromatic heterocycles. The number of hydrazone groups is 1. The summed E-state index contributed by atoms with van der Waals surface area (Å²) in [6, 6.07) is 15.3. The third kappa shape index (κ3) is 2.21. The Bertz CT molecular complexity index is 675. The number of hydrogen-bond acceptors (Lipinski definition) is 2. The third-order valence-corrected chi connectivity index (χ3v) is 3.59. The second-order valence-electron chi connectivity index (χ2n) is 4.70. The summed E-state index contributed by atoms with van der Waals surface area (Å²) < 4.78 is 0. The molecule has 0 aliphatic carbocycles. The summed E-state index contributed by atoms with van der Waals surface area (Å²) in [4.78, 5) is 12.2. The number of anilines is 1. The van der Waals surface area contributed by atoms with Crippen LogP contribution in [0.4, 0.5) is 5.69 Å². The number of para-hydroxylation sites is 1. The molecule has 0 saturated heterocycles. The number of amides is 1. The second-order valence-corrected chi connectivity index (χ2v) is 5.11. The Morgan fingerprint density at radius 2 is 1.85 bits per heavy atom. The molecule has 100 valence electrons. The van der Waals surface area contributed by atoms with Gasteiger partial charge >= 0.3 is 0 Å². The van der Waals surface area contributed by atoms with Gasteiger partial charge in [0.05, 0.1) is 22.8 Å². The van der Waals surface area contributed by atoms with Crippen molar-refractivity contribution in [1.29, 1.82) is 0 Å². The van der Waals surface area contributed by atoms with Gasteiger partial charge in [-0.2, -0.15) is 10.1 Å².